The number of benzene rings is 1. The third kappa shape index (κ3) is 7.87. The van der Waals surface area contributed by atoms with Gasteiger partial charge in [0.1, 0.15) is 10.2 Å². The number of aryl methyl sites for hydroxylation is 1. The van der Waals surface area contributed by atoms with Crippen molar-refractivity contribution in [2.24, 2.45) is 0 Å². The molecule has 1 aliphatic rings. The Bertz CT molecular complexity index is 1250. The molecule has 0 unspecified atom stereocenters. The highest BCUT2D eigenvalue weighted by Crippen LogP contribution is 2.23. The van der Waals surface area contributed by atoms with Gasteiger partial charge >= 0.3 is 6.09 Å². The van der Waals surface area contributed by atoms with E-state index >= 15 is 0 Å². The predicted octanol–water partition coefficient (Wildman–Crippen LogP) is 5.08. The van der Waals surface area contributed by atoms with Crippen molar-refractivity contribution in [3.05, 3.63) is 70.5 Å². The molecule has 0 saturated carbocycles. The molecular formula is C27H33BrN6O3. The van der Waals surface area contributed by atoms with Gasteiger partial charge in [0.25, 0.3) is 5.91 Å². The molecule has 9 nitrogen and oxygen atoms in total. The van der Waals surface area contributed by atoms with E-state index in [2.05, 4.69) is 47.5 Å². The van der Waals surface area contributed by atoms with E-state index in [-0.39, 0.29) is 18.0 Å². The molecule has 196 valence electrons. The summed E-state index contributed by atoms with van der Waals surface area (Å²) in [4.78, 5) is 36.0. The fraction of sp³-hybridized carbons (Fsp3) is 0.407. The Morgan fingerprint density at radius 3 is 2.68 bits per heavy atom. The molecule has 3 heterocycles. The minimum Gasteiger partial charge on any atom is -0.444 e. The van der Waals surface area contributed by atoms with Crippen molar-refractivity contribution in [1.82, 2.24) is 24.8 Å². The number of anilines is 1. The van der Waals surface area contributed by atoms with Gasteiger partial charge in [-0.25, -0.2) is 14.8 Å². The van der Waals surface area contributed by atoms with E-state index in [0.29, 0.717) is 22.4 Å². The molecule has 0 radical (unpaired) electrons. The van der Waals surface area contributed by atoms with Crippen molar-refractivity contribution in [1.29, 1.82) is 0 Å². The molecule has 1 fully saturated rings. The molecule has 0 bridgehead atoms. The lowest BCUT2D eigenvalue weighted by molar-refractivity contribution is 0.0470. The average Bonchev–Trinajstić information content (AvgIpc) is 3.24. The molecule has 10 heteroatoms. The van der Waals surface area contributed by atoms with Crippen molar-refractivity contribution in [3.8, 4) is 5.69 Å². The first-order valence-electron chi connectivity index (χ1n) is 12.3. The summed E-state index contributed by atoms with van der Waals surface area (Å²) in [6.45, 7) is 9.84. The summed E-state index contributed by atoms with van der Waals surface area (Å²) in [5, 5.41) is 6.02. The van der Waals surface area contributed by atoms with Gasteiger partial charge in [0.2, 0.25) is 0 Å². The zero-order valence-corrected chi connectivity index (χ0v) is 23.2. The second-order valence-electron chi connectivity index (χ2n) is 10.4. The zero-order chi connectivity index (χ0) is 26.6. The highest BCUT2D eigenvalue weighted by Gasteiger charge is 2.24. The maximum Gasteiger partial charge on any atom is 0.407 e. The van der Waals surface area contributed by atoms with E-state index in [1.807, 2.05) is 50.6 Å². The van der Waals surface area contributed by atoms with Crippen LogP contribution in [0.5, 0.6) is 0 Å². The number of ether oxygens (including phenoxy) is 1. The number of alkyl carbamates (subject to hydrolysis) is 1. The second-order valence-corrected chi connectivity index (χ2v) is 11.2. The van der Waals surface area contributed by atoms with Gasteiger partial charge < -0.3 is 19.9 Å². The van der Waals surface area contributed by atoms with Crippen LogP contribution in [-0.2, 0) is 11.3 Å². The molecule has 4 rings (SSSR count). The summed E-state index contributed by atoms with van der Waals surface area (Å²) in [5.74, 6) is -0.232. The van der Waals surface area contributed by atoms with Crippen LogP contribution in [0.15, 0.2) is 53.7 Å². The molecule has 1 saturated heterocycles. The molecule has 2 amide bonds. The van der Waals surface area contributed by atoms with Crippen LogP contribution in [0.3, 0.4) is 0 Å². The Morgan fingerprint density at radius 1 is 1.19 bits per heavy atom. The Kier molecular flexibility index (Phi) is 8.29. The molecule has 2 N–H and O–H groups in total. The number of imidazole rings is 1. The Labute approximate surface area is 225 Å². The van der Waals surface area contributed by atoms with E-state index in [9.17, 15) is 9.59 Å². The number of halogens is 1. The van der Waals surface area contributed by atoms with Crippen LogP contribution >= 0.6 is 15.9 Å². The minimum atomic E-state index is -0.530. The number of pyridine rings is 1. The quantitative estimate of drug-likeness (QED) is 0.402. The Hall–Kier alpha value is -3.24. The van der Waals surface area contributed by atoms with Crippen molar-refractivity contribution in [3.63, 3.8) is 0 Å². The predicted molar refractivity (Wildman–Crippen MR) is 146 cm³/mol. The maximum absolute atomic E-state index is 12.9. The van der Waals surface area contributed by atoms with E-state index in [0.717, 1.165) is 42.9 Å². The summed E-state index contributed by atoms with van der Waals surface area (Å²) in [7, 11) is 0. The van der Waals surface area contributed by atoms with Crippen molar-refractivity contribution in [2.75, 3.05) is 18.4 Å². The molecule has 1 atom stereocenters. The number of rotatable bonds is 6. The van der Waals surface area contributed by atoms with Crippen LogP contribution in [0.1, 0.15) is 55.2 Å². The van der Waals surface area contributed by atoms with Crippen LogP contribution in [0, 0.1) is 6.92 Å². The van der Waals surface area contributed by atoms with E-state index < -0.39 is 5.60 Å². The van der Waals surface area contributed by atoms with Crippen LogP contribution in [-0.4, -0.2) is 56.2 Å². The lowest BCUT2D eigenvalue weighted by atomic mass is 10.0. The lowest BCUT2D eigenvalue weighted by Crippen LogP contribution is -2.48. The summed E-state index contributed by atoms with van der Waals surface area (Å²) < 4.78 is 8.05. The molecule has 2 aromatic heterocycles. The molecule has 0 aliphatic carbocycles. The number of nitrogens with one attached hydrogen (secondary N) is 2. The van der Waals surface area contributed by atoms with Gasteiger partial charge in [-0.3, -0.25) is 9.69 Å². The van der Waals surface area contributed by atoms with Gasteiger partial charge in [0.05, 0.1) is 17.6 Å². The SMILES string of the molecule is Cc1cn(-c2cc(CN3CCC[C@H](NC(=O)OC(C)(C)C)C3)cc(NC(=O)c3ccc(Br)nc3)c2)cn1. The highest BCUT2D eigenvalue weighted by atomic mass is 79.9. The number of carbonyl (C=O) groups excluding carboxylic acids is 2. The second kappa shape index (κ2) is 11.4. The summed E-state index contributed by atoms with van der Waals surface area (Å²) in [6, 6.07) is 9.50. The van der Waals surface area contributed by atoms with Crippen LogP contribution in [0.25, 0.3) is 5.69 Å². The molecule has 3 aromatic rings. The van der Waals surface area contributed by atoms with Gasteiger partial charge in [-0.05, 0) is 98.9 Å². The monoisotopic (exact) mass is 568 g/mol. The third-order valence-electron chi connectivity index (χ3n) is 5.87. The van der Waals surface area contributed by atoms with Crippen LogP contribution < -0.4 is 10.6 Å². The standard InChI is InChI=1S/C27H33BrN6O3/c1-18-14-34(17-30-18)23-11-19(10-22(12-23)31-25(35)20-7-8-24(28)29-13-20)15-33-9-5-6-21(16-33)32-26(36)37-27(2,3)4/h7-8,10-14,17,21H,5-6,9,15-16H2,1-4H3,(H,31,35)(H,32,36)/t21-/m0/s1. The summed E-state index contributed by atoms with van der Waals surface area (Å²) in [5.41, 5.74) is 3.49. The number of hydrogen-bond acceptors (Lipinski definition) is 6. The normalized spacial score (nSPS) is 16.3. The topological polar surface area (TPSA) is 101 Å². The van der Waals surface area contributed by atoms with Gasteiger partial charge in [0, 0.05) is 42.9 Å². The molecular weight excluding hydrogens is 536 g/mol. The number of likely N-dealkylation sites (tertiary alicyclic amines) is 1. The minimum absolute atomic E-state index is 0.0205. The number of carbonyl (C=O) groups is 2. The third-order valence-corrected chi connectivity index (χ3v) is 6.34. The first-order chi connectivity index (χ1) is 17.5. The number of nitrogens with zero attached hydrogens (tertiary/aromatic N) is 4. The van der Waals surface area contributed by atoms with Gasteiger partial charge in [-0.2, -0.15) is 0 Å². The lowest BCUT2D eigenvalue weighted by Gasteiger charge is -2.33. The number of piperidine rings is 1. The number of amides is 2. The number of aromatic nitrogens is 3. The zero-order valence-electron chi connectivity index (χ0n) is 21.6. The van der Waals surface area contributed by atoms with Crippen molar-refractivity contribution >= 4 is 33.6 Å². The maximum atomic E-state index is 12.9. The first-order valence-corrected chi connectivity index (χ1v) is 13.1. The van der Waals surface area contributed by atoms with E-state index in [1.54, 1.807) is 18.5 Å². The van der Waals surface area contributed by atoms with Gasteiger partial charge in [-0.1, -0.05) is 0 Å². The molecule has 1 aromatic carbocycles. The fourth-order valence-corrected chi connectivity index (χ4v) is 4.55. The average molecular weight is 570 g/mol. The largest absolute Gasteiger partial charge is 0.444 e. The first kappa shape index (κ1) is 26.8. The van der Waals surface area contributed by atoms with Crippen LogP contribution in [0.4, 0.5) is 10.5 Å². The van der Waals surface area contributed by atoms with Crippen molar-refractivity contribution < 1.29 is 14.3 Å². The number of hydrogen-bond donors (Lipinski definition) is 2. The van der Waals surface area contributed by atoms with Crippen molar-refractivity contribution in [2.45, 2.75) is 58.7 Å². The highest BCUT2D eigenvalue weighted by molar-refractivity contribution is 9.10. The Morgan fingerprint density at radius 2 is 2.00 bits per heavy atom. The van der Waals surface area contributed by atoms with Gasteiger partial charge in [-0.15, -0.1) is 0 Å². The summed E-state index contributed by atoms with van der Waals surface area (Å²) in [6.07, 6.45) is 6.75. The van der Waals surface area contributed by atoms with E-state index in [4.69, 9.17) is 4.74 Å². The molecule has 37 heavy (non-hydrogen) atoms. The van der Waals surface area contributed by atoms with Crippen LogP contribution in [0.2, 0.25) is 0 Å². The molecule has 1 aliphatic heterocycles. The van der Waals surface area contributed by atoms with Gasteiger partial charge in [0.15, 0.2) is 0 Å². The van der Waals surface area contributed by atoms with E-state index in [1.165, 1.54) is 6.20 Å². The smallest absolute Gasteiger partial charge is 0.407 e. The Balaban J connectivity index is 1.51. The molecule has 0 spiro atoms. The summed E-state index contributed by atoms with van der Waals surface area (Å²) >= 11 is 3.30. The fourth-order valence-electron chi connectivity index (χ4n) is 4.31.